The van der Waals surface area contributed by atoms with Gasteiger partial charge in [0.05, 0.1) is 10.7 Å². The molecule has 2 amide bonds. The summed E-state index contributed by atoms with van der Waals surface area (Å²) in [5.41, 5.74) is 4.98. The van der Waals surface area contributed by atoms with Crippen molar-refractivity contribution in [3.8, 4) is 11.1 Å². The maximum atomic E-state index is 12.5. The molecule has 0 aliphatic heterocycles. The molecular formula is C26H23ClN2O5. The SMILES string of the molecule is C[C@@H](C(=O)O)N(C)C(=O)c1ccc(NC(=O)OCC2c3ccccc3-c3ccccc32)c(Cl)c1. The molecule has 0 fully saturated rings. The third kappa shape index (κ3) is 4.47. The molecule has 0 aromatic heterocycles. The first-order chi connectivity index (χ1) is 16.3. The molecule has 0 unspecified atom stereocenters. The molecule has 7 nitrogen and oxygen atoms in total. The van der Waals surface area contributed by atoms with E-state index >= 15 is 0 Å². The first-order valence-electron chi connectivity index (χ1n) is 10.7. The Bertz CT molecular complexity index is 1230. The Morgan fingerprint density at radius 3 is 2.18 bits per heavy atom. The van der Waals surface area contributed by atoms with E-state index in [1.54, 1.807) is 0 Å². The minimum Gasteiger partial charge on any atom is -0.480 e. The van der Waals surface area contributed by atoms with Crippen LogP contribution in [0.15, 0.2) is 66.7 Å². The second-order valence-corrected chi connectivity index (χ2v) is 8.48. The summed E-state index contributed by atoms with van der Waals surface area (Å²) in [7, 11) is 1.40. The summed E-state index contributed by atoms with van der Waals surface area (Å²) in [6.07, 6.45) is -0.667. The number of fused-ring (bicyclic) bond motifs is 3. The van der Waals surface area contributed by atoms with Crippen molar-refractivity contribution in [2.75, 3.05) is 19.0 Å². The van der Waals surface area contributed by atoms with Crippen molar-refractivity contribution >= 4 is 35.3 Å². The number of carbonyl (C=O) groups excluding carboxylic acids is 2. The van der Waals surface area contributed by atoms with Gasteiger partial charge < -0.3 is 14.7 Å². The number of anilines is 1. The standard InChI is InChI=1S/C26H23ClN2O5/c1-15(25(31)32)29(2)24(30)16-11-12-23(22(27)13-16)28-26(33)34-14-21-19-9-5-3-7-17(19)18-8-4-6-10-20(18)21/h3-13,15,21H,14H2,1-2H3,(H,28,33)(H,31,32)/t15-/m0/s1. The number of carboxylic acid groups (broad SMARTS) is 1. The lowest BCUT2D eigenvalue weighted by molar-refractivity contribution is -0.141. The predicted octanol–water partition coefficient (Wildman–Crippen LogP) is 5.25. The Balaban J connectivity index is 1.42. The third-order valence-electron chi connectivity index (χ3n) is 6.06. The molecule has 3 aromatic rings. The lowest BCUT2D eigenvalue weighted by atomic mass is 9.98. The zero-order chi connectivity index (χ0) is 24.4. The highest BCUT2D eigenvalue weighted by Crippen LogP contribution is 2.44. The summed E-state index contributed by atoms with van der Waals surface area (Å²) in [4.78, 5) is 37.3. The number of halogens is 1. The van der Waals surface area contributed by atoms with Crippen LogP contribution in [0.5, 0.6) is 0 Å². The van der Waals surface area contributed by atoms with Crippen molar-refractivity contribution in [2.24, 2.45) is 0 Å². The minimum atomic E-state index is -1.12. The number of benzene rings is 3. The van der Waals surface area contributed by atoms with Gasteiger partial charge in [-0.1, -0.05) is 60.1 Å². The number of rotatable bonds is 6. The van der Waals surface area contributed by atoms with Crippen LogP contribution in [0.2, 0.25) is 5.02 Å². The highest BCUT2D eigenvalue weighted by molar-refractivity contribution is 6.34. The summed E-state index contributed by atoms with van der Waals surface area (Å²) >= 11 is 6.27. The summed E-state index contributed by atoms with van der Waals surface area (Å²) in [6.45, 7) is 1.57. The molecule has 0 saturated heterocycles. The molecule has 0 bridgehead atoms. The number of carbonyl (C=O) groups is 3. The van der Waals surface area contributed by atoms with Crippen molar-refractivity contribution in [3.05, 3.63) is 88.4 Å². The molecule has 8 heteroatoms. The van der Waals surface area contributed by atoms with Crippen LogP contribution in [0.3, 0.4) is 0 Å². The normalized spacial score (nSPS) is 12.9. The molecule has 1 aliphatic rings. The quantitative estimate of drug-likeness (QED) is 0.504. The molecule has 1 aliphatic carbocycles. The second kappa shape index (κ2) is 9.57. The van der Waals surface area contributed by atoms with Gasteiger partial charge >= 0.3 is 12.1 Å². The molecule has 2 N–H and O–H groups in total. The second-order valence-electron chi connectivity index (χ2n) is 8.08. The van der Waals surface area contributed by atoms with E-state index in [-0.39, 0.29) is 28.8 Å². The Kier molecular flexibility index (Phi) is 6.56. The van der Waals surface area contributed by atoms with Gasteiger partial charge in [-0.05, 0) is 47.4 Å². The van der Waals surface area contributed by atoms with Crippen molar-refractivity contribution in [1.29, 1.82) is 0 Å². The van der Waals surface area contributed by atoms with Crippen molar-refractivity contribution < 1.29 is 24.2 Å². The number of hydrogen-bond donors (Lipinski definition) is 2. The molecule has 3 aromatic carbocycles. The van der Waals surface area contributed by atoms with Crippen molar-refractivity contribution in [3.63, 3.8) is 0 Å². The van der Waals surface area contributed by atoms with Gasteiger partial charge in [0.25, 0.3) is 5.91 Å². The number of hydrogen-bond acceptors (Lipinski definition) is 4. The molecule has 0 radical (unpaired) electrons. The zero-order valence-corrected chi connectivity index (χ0v) is 19.4. The number of carboxylic acids is 1. The van der Waals surface area contributed by atoms with Crippen molar-refractivity contribution in [1.82, 2.24) is 4.90 Å². The van der Waals surface area contributed by atoms with Crippen LogP contribution in [0.1, 0.15) is 34.3 Å². The molecule has 0 spiro atoms. The number of amides is 2. The van der Waals surface area contributed by atoms with E-state index in [1.165, 1.54) is 32.2 Å². The van der Waals surface area contributed by atoms with E-state index in [9.17, 15) is 14.4 Å². The average Bonchev–Trinajstić information content (AvgIpc) is 3.16. The third-order valence-corrected chi connectivity index (χ3v) is 6.37. The Morgan fingerprint density at radius 2 is 1.62 bits per heavy atom. The summed E-state index contributed by atoms with van der Waals surface area (Å²) < 4.78 is 5.52. The summed E-state index contributed by atoms with van der Waals surface area (Å²) in [6, 6.07) is 19.4. The number of nitrogens with zero attached hydrogens (tertiary/aromatic N) is 1. The van der Waals surface area contributed by atoms with Gasteiger partial charge in [0, 0.05) is 18.5 Å². The van der Waals surface area contributed by atoms with Crippen LogP contribution in [0.25, 0.3) is 11.1 Å². The molecule has 174 valence electrons. The molecule has 0 heterocycles. The van der Waals surface area contributed by atoms with E-state index in [0.29, 0.717) is 0 Å². The van der Waals surface area contributed by atoms with Gasteiger partial charge in [0.15, 0.2) is 0 Å². The van der Waals surface area contributed by atoms with Crippen LogP contribution in [-0.4, -0.2) is 47.7 Å². The monoisotopic (exact) mass is 478 g/mol. The van der Waals surface area contributed by atoms with Crippen LogP contribution < -0.4 is 5.32 Å². The molecule has 4 rings (SSSR count). The van der Waals surface area contributed by atoms with Crippen LogP contribution in [0, 0.1) is 0 Å². The molecule has 34 heavy (non-hydrogen) atoms. The average molecular weight is 479 g/mol. The highest BCUT2D eigenvalue weighted by Gasteiger charge is 2.29. The highest BCUT2D eigenvalue weighted by atomic mass is 35.5. The topological polar surface area (TPSA) is 95.9 Å². The maximum Gasteiger partial charge on any atom is 0.411 e. The molecular weight excluding hydrogens is 456 g/mol. The van der Waals surface area contributed by atoms with Crippen molar-refractivity contribution in [2.45, 2.75) is 18.9 Å². The van der Waals surface area contributed by atoms with Gasteiger partial charge in [0.1, 0.15) is 12.6 Å². The minimum absolute atomic E-state index is 0.0691. The summed E-state index contributed by atoms with van der Waals surface area (Å²) in [5.74, 6) is -1.68. The zero-order valence-electron chi connectivity index (χ0n) is 18.6. The number of ether oxygens (including phenoxy) is 1. The first-order valence-corrected chi connectivity index (χ1v) is 11.1. The predicted molar refractivity (Wildman–Crippen MR) is 129 cm³/mol. The van der Waals surface area contributed by atoms with Gasteiger partial charge in [-0.2, -0.15) is 0 Å². The lowest BCUT2D eigenvalue weighted by Crippen LogP contribution is -2.40. The first kappa shape index (κ1) is 23.3. The van der Waals surface area contributed by atoms with E-state index in [0.717, 1.165) is 27.2 Å². The van der Waals surface area contributed by atoms with E-state index in [2.05, 4.69) is 17.4 Å². The largest absolute Gasteiger partial charge is 0.480 e. The van der Waals surface area contributed by atoms with E-state index < -0.39 is 24.0 Å². The van der Waals surface area contributed by atoms with Gasteiger partial charge in [-0.3, -0.25) is 10.1 Å². The lowest BCUT2D eigenvalue weighted by Gasteiger charge is -2.21. The molecule has 1 atom stereocenters. The van der Waals surface area contributed by atoms with E-state index in [1.807, 2.05) is 36.4 Å². The Morgan fingerprint density at radius 1 is 1.03 bits per heavy atom. The molecule has 0 saturated carbocycles. The Labute approximate surface area is 201 Å². The number of likely N-dealkylation sites (N-methyl/N-ethyl adjacent to an activating group) is 1. The smallest absolute Gasteiger partial charge is 0.411 e. The number of nitrogens with one attached hydrogen (secondary N) is 1. The van der Waals surface area contributed by atoms with Crippen LogP contribution in [-0.2, 0) is 9.53 Å². The fraction of sp³-hybridized carbons (Fsp3) is 0.192. The van der Waals surface area contributed by atoms with Gasteiger partial charge in [-0.15, -0.1) is 0 Å². The van der Waals surface area contributed by atoms with E-state index in [4.69, 9.17) is 21.4 Å². The van der Waals surface area contributed by atoms with Crippen LogP contribution >= 0.6 is 11.6 Å². The Hall–Kier alpha value is -3.84. The fourth-order valence-corrected chi connectivity index (χ4v) is 4.27. The fourth-order valence-electron chi connectivity index (χ4n) is 4.04. The summed E-state index contributed by atoms with van der Waals surface area (Å²) in [5, 5.41) is 11.8. The van der Waals surface area contributed by atoms with Crippen LogP contribution in [0.4, 0.5) is 10.5 Å². The van der Waals surface area contributed by atoms with Gasteiger partial charge in [0.2, 0.25) is 0 Å². The van der Waals surface area contributed by atoms with Gasteiger partial charge in [-0.25, -0.2) is 9.59 Å². The maximum absolute atomic E-state index is 12.5. The number of aliphatic carboxylic acids is 1.